The van der Waals surface area contributed by atoms with Crippen molar-refractivity contribution in [3.63, 3.8) is 0 Å². The number of rotatable bonds is 7. The van der Waals surface area contributed by atoms with Gasteiger partial charge in [0.2, 0.25) is 0 Å². The highest BCUT2D eigenvalue weighted by Crippen LogP contribution is 2.20. The number of aryl methyl sites for hydroxylation is 1. The monoisotopic (exact) mass is 339 g/mol. The van der Waals surface area contributed by atoms with Crippen LogP contribution < -0.4 is 15.4 Å². The molecule has 0 aliphatic heterocycles. The Hall–Kier alpha value is -2.61. The molecule has 1 aromatic heterocycles. The zero-order valence-corrected chi connectivity index (χ0v) is 13.1. The molecule has 0 fully saturated rings. The van der Waals surface area contributed by atoms with Crippen LogP contribution in [0.1, 0.15) is 17.2 Å². The van der Waals surface area contributed by atoms with Crippen molar-refractivity contribution in [2.45, 2.75) is 19.3 Å². The maximum absolute atomic E-state index is 12.2. The summed E-state index contributed by atoms with van der Waals surface area (Å²) in [6.45, 7) is -2.63. The highest BCUT2D eigenvalue weighted by molar-refractivity contribution is 5.73. The first-order chi connectivity index (χ1) is 11.4. The van der Waals surface area contributed by atoms with E-state index >= 15 is 0 Å². The van der Waals surface area contributed by atoms with Crippen LogP contribution in [0.15, 0.2) is 42.7 Å². The molecule has 6 nitrogen and oxygen atoms in total. The molecule has 0 spiro atoms. The topological polar surface area (TPSA) is 75.5 Å². The smallest absolute Gasteiger partial charge is 0.387 e. The molecule has 3 N–H and O–H groups in total. The van der Waals surface area contributed by atoms with Gasteiger partial charge in [0.15, 0.2) is 0 Å². The minimum absolute atomic E-state index is 0.0462. The van der Waals surface area contributed by atoms with Crippen LogP contribution in [-0.2, 0) is 13.6 Å². The molecule has 24 heavy (non-hydrogen) atoms. The van der Waals surface area contributed by atoms with Crippen LogP contribution in [0, 0.1) is 0 Å². The largest absolute Gasteiger partial charge is 0.435 e. The lowest BCUT2D eigenvalue weighted by Crippen LogP contribution is -2.37. The summed E-state index contributed by atoms with van der Waals surface area (Å²) in [5.41, 5.74) is 1.32. The maximum atomic E-state index is 12.2. The molecule has 0 radical (unpaired) electrons. The Labute approximate surface area is 138 Å². The number of hydrogen-bond acceptors (Lipinski definition) is 3. The summed E-state index contributed by atoms with van der Waals surface area (Å²) in [5.74, 6) is -0.0462. The van der Waals surface area contributed by atoms with Crippen molar-refractivity contribution >= 4 is 6.03 Å². The van der Waals surface area contributed by atoms with Crippen molar-refractivity contribution < 1.29 is 23.4 Å². The fourth-order valence-corrected chi connectivity index (χ4v) is 2.12. The van der Waals surface area contributed by atoms with E-state index in [9.17, 15) is 18.7 Å². The molecule has 1 heterocycles. The lowest BCUT2D eigenvalue weighted by molar-refractivity contribution is -0.0499. The lowest BCUT2D eigenvalue weighted by atomic mass is 10.1. The standard InChI is InChI=1S/C16H19F2N3O3/c1-21-6-5-11(10-21)8-19-16(23)20-9-14(22)12-3-2-4-13(7-12)24-15(17)18/h2-7,10,14-15,22H,8-9H2,1H3,(H2,19,20,23). The fraction of sp³-hybridized carbons (Fsp3) is 0.312. The van der Waals surface area contributed by atoms with E-state index in [1.54, 1.807) is 6.07 Å². The number of aromatic nitrogens is 1. The highest BCUT2D eigenvalue weighted by Gasteiger charge is 2.12. The quantitative estimate of drug-likeness (QED) is 0.724. The second kappa shape index (κ2) is 8.30. The summed E-state index contributed by atoms with van der Waals surface area (Å²) in [6, 6.07) is 7.17. The molecule has 0 aliphatic carbocycles. The van der Waals surface area contributed by atoms with E-state index in [4.69, 9.17) is 0 Å². The van der Waals surface area contributed by atoms with Gasteiger partial charge in [-0.25, -0.2) is 4.79 Å². The van der Waals surface area contributed by atoms with Gasteiger partial charge in [-0.15, -0.1) is 0 Å². The first kappa shape index (κ1) is 17.7. The Morgan fingerprint density at radius 2 is 2.12 bits per heavy atom. The van der Waals surface area contributed by atoms with Gasteiger partial charge in [0.1, 0.15) is 5.75 Å². The molecular formula is C16H19F2N3O3. The summed E-state index contributed by atoms with van der Waals surface area (Å²) in [5, 5.41) is 15.2. The van der Waals surface area contributed by atoms with E-state index < -0.39 is 18.7 Å². The Bertz CT molecular complexity index is 676. The average molecular weight is 339 g/mol. The molecule has 0 saturated heterocycles. The molecule has 1 atom stereocenters. The number of carbonyl (C=O) groups excluding carboxylic acids is 1. The second-order valence-electron chi connectivity index (χ2n) is 5.22. The Balaban J connectivity index is 1.79. The summed E-state index contributed by atoms with van der Waals surface area (Å²) in [4.78, 5) is 11.7. The second-order valence-corrected chi connectivity index (χ2v) is 5.22. The summed E-state index contributed by atoms with van der Waals surface area (Å²) < 4.78 is 30.5. The van der Waals surface area contributed by atoms with Crippen molar-refractivity contribution in [2.24, 2.45) is 7.05 Å². The van der Waals surface area contributed by atoms with Gasteiger partial charge >= 0.3 is 12.6 Å². The molecule has 2 aromatic rings. The molecule has 2 rings (SSSR count). The Kier molecular flexibility index (Phi) is 6.14. The molecule has 0 aliphatic rings. The molecule has 0 saturated carbocycles. The van der Waals surface area contributed by atoms with Crippen LogP contribution in [-0.4, -0.2) is 28.9 Å². The number of aliphatic hydroxyl groups is 1. The number of halogens is 2. The Morgan fingerprint density at radius 3 is 2.79 bits per heavy atom. The van der Waals surface area contributed by atoms with Crippen LogP contribution in [0.5, 0.6) is 5.75 Å². The number of ether oxygens (including phenoxy) is 1. The van der Waals surface area contributed by atoms with Gasteiger partial charge in [0, 0.05) is 32.5 Å². The normalized spacial score (nSPS) is 12.0. The minimum atomic E-state index is -2.93. The maximum Gasteiger partial charge on any atom is 0.387 e. The van der Waals surface area contributed by atoms with Crippen molar-refractivity contribution in [3.8, 4) is 5.75 Å². The van der Waals surface area contributed by atoms with Gasteiger partial charge < -0.3 is 25.0 Å². The molecule has 0 bridgehead atoms. The van der Waals surface area contributed by atoms with E-state index in [0.29, 0.717) is 12.1 Å². The summed E-state index contributed by atoms with van der Waals surface area (Å²) >= 11 is 0. The molecule has 130 valence electrons. The highest BCUT2D eigenvalue weighted by atomic mass is 19.3. The van der Waals surface area contributed by atoms with Gasteiger partial charge in [-0.05, 0) is 29.3 Å². The van der Waals surface area contributed by atoms with Crippen LogP contribution in [0.25, 0.3) is 0 Å². The fourth-order valence-electron chi connectivity index (χ4n) is 2.12. The third kappa shape index (κ3) is 5.54. The van der Waals surface area contributed by atoms with Crippen LogP contribution in [0.4, 0.5) is 13.6 Å². The van der Waals surface area contributed by atoms with Crippen molar-refractivity contribution in [1.29, 1.82) is 0 Å². The zero-order valence-electron chi connectivity index (χ0n) is 13.1. The van der Waals surface area contributed by atoms with E-state index in [1.165, 1.54) is 18.2 Å². The number of amides is 2. The van der Waals surface area contributed by atoms with Gasteiger partial charge in [-0.3, -0.25) is 0 Å². The molecule has 1 aromatic carbocycles. The van der Waals surface area contributed by atoms with Gasteiger partial charge in [0.05, 0.1) is 6.10 Å². The van der Waals surface area contributed by atoms with Crippen molar-refractivity contribution in [3.05, 3.63) is 53.9 Å². The van der Waals surface area contributed by atoms with Gasteiger partial charge in [0.25, 0.3) is 0 Å². The van der Waals surface area contributed by atoms with E-state index in [0.717, 1.165) is 5.56 Å². The first-order valence-electron chi connectivity index (χ1n) is 7.29. The number of nitrogens with zero attached hydrogens (tertiary/aromatic N) is 1. The van der Waals surface area contributed by atoms with Crippen molar-refractivity contribution in [1.82, 2.24) is 15.2 Å². The van der Waals surface area contributed by atoms with E-state index in [1.807, 2.05) is 30.1 Å². The summed E-state index contributed by atoms with van der Waals surface area (Å²) in [7, 11) is 1.88. The van der Waals surface area contributed by atoms with Crippen LogP contribution in [0.3, 0.4) is 0 Å². The van der Waals surface area contributed by atoms with Crippen LogP contribution >= 0.6 is 0 Å². The predicted octanol–water partition coefficient (Wildman–Crippen LogP) is 2.16. The molecule has 1 unspecified atom stereocenters. The number of alkyl halides is 2. The average Bonchev–Trinajstić information content (AvgIpc) is 2.95. The summed E-state index contributed by atoms with van der Waals surface area (Å²) in [6.07, 6.45) is 2.71. The van der Waals surface area contributed by atoms with E-state index in [2.05, 4.69) is 15.4 Å². The van der Waals surface area contributed by atoms with Gasteiger partial charge in [-0.2, -0.15) is 8.78 Å². The zero-order chi connectivity index (χ0) is 17.5. The minimum Gasteiger partial charge on any atom is -0.435 e. The lowest BCUT2D eigenvalue weighted by Gasteiger charge is -2.14. The number of hydrogen-bond donors (Lipinski definition) is 3. The number of carbonyl (C=O) groups is 1. The third-order valence-electron chi connectivity index (χ3n) is 3.27. The SMILES string of the molecule is Cn1ccc(CNC(=O)NCC(O)c2cccc(OC(F)F)c2)c1. The van der Waals surface area contributed by atoms with Crippen LogP contribution in [0.2, 0.25) is 0 Å². The molecule has 2 amide bonds. The predicted molar refractivity (Wildman–Crippen MR) is 83.7 cm³/mol. The molecular weight excluding hydrogens is 320 g/mol. The Morgan fingerprint density at radius 1 is 1.33 bits per heavy atom. The number of aliphatic hydroxyl groups excluding tert-OH is 1. The van der Waals surface area contributed by atoms with Gasteiger partial charge in [-0.1, -0.05) is 12.1 Å². The van der Waals surface area contributed by atoms with E-state index in [-0.39, 0.29) is 12.3 Å². The number of urea groups is 1. The molecule has 8 heteroatoms. The van der Waals surface area contributed by atoms with Crippen molar-refractivity contribution in [2.75, 3.05) is 6.54 Å². The third-order valence-corrected chi connectivity index (χ3v) is 3.27. The first-order valence-corrected chi connectivity index (χ1v) is 7.29. The number of nitrogens with one attached hydrogen (secondary N) is 2. The number of benzene rings is 1.